The minimum Gasteiger partial charge on any atom is -0.497 e. The Bertz CT molecular complexity index is 1130. The highest BCUT2D eigenvalue weighted by Gasteiger charge is 2.17. The maximum atomic E-state index is 13.0. The number of para-hydroxylation sites is 1. The zero-order valence-electron chi connectivity index (χ0n) is 15.5. The molecule has 0 fully saturated rings. The van der Waals surface area contributed by atoms with E-state index in [0.717, 1.165) is 48.4 Å². The highest BCUT2D eigenvalue weighted by Crippen LogP contribution is 2.27. The van der Waals surface area contributed by atoms with Crippen LogP contribution in [0.4, 0.5) is 0 Å². The van der Waals surface area contributed by atoms with E-state index < -0.39 is 0 Å². The van der Waals surface area contributed by atoms with Crippen LogP contribution >= 0.6 is 0 Å². The molecule has 2 aromatic heterocycles. The molecule has 0 aliphatic rings. The topological polar surface area (TPSA) is 46.8 Å². The fourth-order valence-corrected chi connectivity index (χ4v) is 3.75. The number of pyridine rings is 1. The second-order valence-corrected chi connectivity index (χ2v) is 6.53. The second kappa shape index (κ2) is 6.57. The lowest BCUT2D eigenvalue weighted by molar-refractivity contribution is 0.306. The number of benzene rings is 2. The number of hydrogen-bond donors (Lipinski definition) is 0. The molecule has 4 rings (SSSR count). The number of rotatable bonds is 6. The average Bonchev–Trinajstić information content (AvgIpc) is 3.05. The molecule has 0 aliphatic heterocycles. The first-order valence-electron chi connectivity index (χ1n) is 9.13. The molecule has 2 heterocycles. The molecule has 0 atom stereocenters. The van der Waals surface area contributed by atoms with E-state index in [1.54, 1.807) is 7.11 Å². The molecule has 0 unspecified atom stereocenters. The molecule has 0 saturated carbocycles. The summed E-state index contributed by atoms with van der Waals surface area (Å²) in [6.45, 7) is 7.34. The fourth-order valence-electron chi connectivity index (χ4n) is 3.75. The molecular formula is C21H23N3O2. The molecule has 134 valence electrons. The quantitative estimate of drug-likeness (QED) is 0.501. The molecule has 0 radical (unpaired) electrons. The van der Waals surface area contributed by atoms with Gasteiger partial charge in [0.1, 0.15) is 11.6 Å². The lowest BCUT2D eigenvalue weighted by Gasteiger charge is -2.17. The fraction of sp³-hybridized carbons (Fsp3) is 0.333. The summed E-state index contributed by atoms with van der Waals surface area (Å²) in [7, 11) is 1.62. The highest BCUT2D eigenvalue weighted by molar-refractivity contribution is 6.01. The summed E-state index contributed by atoms with van der Waals surface area (Å²) < 4.78 is 7.48. The Hall–Kier alpha value is -2.66. The third-order valence-electron chi connectivity index (χ3n) is 5.23. The summed E-state index contributed by atoms with van der Waals surface area (Å²) in [6.07, 6.45) is 0.843. The van der Waals surface area contributed by atoms with Crippen LogP contribution < -0.4 is 10.2 Å². The Morgan fingerprint density at radius 1 is 1.12 bits per heavy atom. The minimum atomic E-state index is 0.0344. The summed E-state index contributed by atoms with van der Waals surface area (Å²) in [6, 6.07) is 11.5. The molecule has 5 nitrogen and oxygen atoms in total. The van der Waals surface area contributed by atoms with Gasteiger partial charge < -0.3 is 9.64 Å². The van der Waals surface area contributed by atoms with Gasteiger partial charge in [-0.05, 0) is 43.4 Å². The maximum Gasteiger partial charge on any atom is 0.197 e. The van der Waals surface area contributed by atoms with Gasteiger partial charge in [-0.15, -0.1) is 0 Å². The van der Waals surface area contributed by atoms with Crippen molar-refractivity contribution in [2.24, 2.45) is 0 Å². The zero-order valence-corrected chi connectivity index (χ0v) is 15.5. The Balaban J connectivity index is 2.00. The number of ether oxygens (including phenoxy) is 1. The van der Waals surface area contributed by atoms with Gasteiger partial charge >= 0.3 is 0 Å². The van der Waals surface area contributed by atoms with Crippen LogP contribution in [0, 0.1) is 0 Å². The van der Waals surface area contributed by atoms with E-state index in [1.165, 1.54) is 0 Å². The van der Waals surface area contributed by atoms with Gasteiger partial charge in [0.25, 0.3) is 0 Å². The van der Waals surface area contributed by atoms with E-state index in [1.807, 2.05) is 36.4 Å². The molecule has 2 aromatic carbocycles. The standard InChI is InChI=1S/C21H23N3O2/c1-4-23(5-2)12-11-19-22-17-8-6-7-15-20(17)24(19)18-10-9-14(26-3)13-16(18)21(15)25/h6-10,13H,4-5,11-12H2,1-3H3. The highest BCUT2D eigenvalue weighted by atomic mass is 16.5. The van der Waals surface area contributed by atoms with Crippen molar-refractivity contribution in [1.29, 1.82) is 0 Å². The van der Waals surface area contributed by atoms with Crippen LogP contribution in [0.25, 0.3) is 27.3 Å². The van der Waals surface area contributed by atoms with Crippen molar-refractivity contribution in [2.75, 3.05) is 26.7 Å². The lowest BCUT2D eigenvalue weighted by Crippen LogP contribution is -2.26. The number of fused-ring (bicyclic) bond motifs is 2. The first-order valence-corrected chi connectivity index (χ1v) is 9.13. The Kier molecular flexibility index (Phi) is 4.24. The minimum absolute atomic E-state index is 0.0344. The van der Waals surface area contributed by atoms with E-state index >= 15 is 0 Å². The number of methoxy groups -OCH3 is 1. The van der Waals surface area contributed by atoms with Crippen LogP contribution in [0.2, 0.25) is 0 Å². The van der Waals surface area contributed by atoms with Gasteiger partial charge in [0, 0.05) is 18.4 Å². The molecule has 0 N–H and O–H groups in total. The predicted molar refractivity (Wildman–Crippen MR) is 106 cm³/mol. The molecule has 5 heteroatoms. The molecule has 0 aliphatic carbocycles. The SMILES string of the molecule is CCN(CC)CCc1nc2cccc3c(=O)c4cc(OC)ccc4n1c23. The van der Waals surface area contributed by atoms with Crippen molar-refractivity contribution >= 4 is 27.3 Å². The van der Waals surface area contributed by atoms with Gasteiger partial charge in [-0.25, -0.2) is 4.98 Å². The largest absolute Gasteiger partial charge is 0.497 e. The van der Waals surface area contributed by atoms with Gasteiger partial charge in [-0.2, -0.15) is 0 Å². The Morgan fingerprint density at radius 2 is 1.92 bits per heavy atom. The molecule has 0 spiro atoms. The molecule has 26 heavy (non-hydrogen) atoms. The van der Waals surface area contributed by atoms with Gasteiger partial charge in [0.15, 0.2) is 5.43 Å². The summed E-state index contributed by atoms with van der Waals surface area (Å²) in [5.74, 6) is 1.69. The smallest absolute Gasteiger partial charge is 0.197 e. The van der Waals surface area contributed by atoms with Crippen molar-refractivity contribution in [3.8, 4) is 5.75 Å². The number of likely N-dealkylation sites (N-methyl/N-ethyl adjacent to an activating group) is 1. The van der Waals surface area contributed by atoms with Crippen LogP contribution in [-0.2, 0) is 6.42 Å². The first kappa shape index (κ1) is 16.8. The normalized spacial score (nSPS) is 12.0. The third-order valence-corrected chi connectivity index (χ3v) is 5.23. The van der Waals surface area contributed by atoms with E-state index in [4.69, 9.17) is 9.72 Å². The molecule has 0 bridgehead atoms. The van der Waals surface area contributed by atoms with Crippen LogP contribution in [0.3, 0.4) is 0 Å². The van der Waals surface area contributed by atoms with Gasteiger partial charge in [-0.3, -0.25) is 9.20 Å². The third kappa shape index (κ3) is 2.51. The number of hydrogen-bond acceptors (Lipinski definition) is 4. The molecular weight excluding hydrogens is 326 g/mol. The van der Waals surface area contributed by atoms with Gasteiger partial charge in [0.05, 0.1) is 29.0 Å². The van der Waals surface area contributed by atoms with E-state index in [-0.39, 0.29) is 5.43 Å². The van der Waals surface area contributed by atoms with E-state index in [9.17, 15) is 4.79 Å². The molecule has 0 amide bonds. The Morgan fingerprint density at radius 3 is 2.65 bits per heavy atom. The van der Waals surface area contributed by atoms with Crippen LogP contribution in [-0.4, -0.2) is 41.0 Å². The van der Waals surface area contributed by atoms with Crippen molar-refractivity contribution in [3.63, 3.8) is 0 Å². The van der Waals surface area contributed by atoms with Crippen LogP contribution in [0.5, 0.6) is 5.75 Å². The van der Waals surface area contributed by atoms with E-state index in [0.29, 0.717) is 16.5 Å². The number of nitrogens with zero attached hydrogens (tertiary/aromatic N) is 3. The summed E-state index contributed by atoms with van der Waals surface area (Å²) in [4.78, 5) is 20.3. The zero-order chi connectivity index (χ0) is 18.3. The second-order valence-electron chi connectivity index (χ2n) is 6.53. The van der Waals surface area contributed by atoms with Crippen LogP contribution in [0.15, 0.2) is 41.2 Å². The molecule has 0 saturated heterocycles. The predicted octanol–water partition coefficient (Wildman–Crippen LogP) is 3.33. The first-order chi connectivity index (χ1) is 12.7. The van der Waals surface area contributed by atoms with Crippen molar-refractivity contribution in [3.05, 3.63) is 52.4 Å². The van der Waals surface area contributed by atoms with Crippen LogP contribution in [0.1, 0.15) is 19.7 Å². The van der Waals surface area contributed by atoms with E-state index in [2.05, 4.69) is 23.1 Å². The lowest BCUT2D eigenvalue weighted by atomic mass is 10.1. The monoisotopic (exact) mass is 349 g/mol. The maximum absolute atomic E-state index is 13.0. The summed E-state index contributed by atoms with van der Waals surface area (Å²) in [5.41, 5.74) is 2.73. The van der Waals surface area contributed by atoms with Crippen molar-refractivity contribution in [2.45, 2.75) is 20.3 Å². The van der Waals surface area contributed by atoms with Gasteiger partial charge in [-0.1, -0.05) is 19.9 Å². The summed E-state index contributed by atoms with van der Waals surface area (Å²) in [5, 5.41) is 1.39. The van der Waals surface area contributed by atoms with Gasteiger partial charge in [0.2, 0.25) is 0 Å². The number of aromatic nitrogens is 2. The van der Waals surface area contributed by atoms with Crippen molar-refractivity contribution < 1.29 is 4.74 Å². The summed E-state index contributed by atoms with van der Waals surface area (Å²) >= 11 is 0. The Labute approximate surface area is 152 Å². The average molecular weight is 349 g/mol. The number of imidazole rings is 1. The molecule has 4 aromatic rings. The van der Waals surface area contributed by atoms with Crippen molar-refractivity contribution in [1.82, 2.24) is 14.3 Å².